The van der Waals surface area contributed by atoms with Gasteiger partial charge in [-0.25, -0.2) is 10.5 Å². The number of rotatable bonds is 3. The number of aromatic nitrogens is 1. The van der Waals surface area contributed by atoms with Gasteiger partial charge in [0.05, 0.1) is 21.5 Å². The molecule has 0 aliphatic heterocycles. The van der Waals surface area contributed by atoms with E-state index in [4.69, 9.17) is 5.21 Å². The van der Waals surface area contributed by atoms with Crippen molar-refractivity contribution in [2.24, 2.45) is 0 Å². The molecule has 0 aliphatic carbocycles. The smallest absolute Gasteiger partial charge is 0.279 e. The molecular weight excluding hydrogens is 432 g/mol. The molecule has 3 aromatic rings. The molecule has 0 saturated heterocycles. The van der Waals surface area contributed by atoms with Crippen LogP contribution >= 0.6 is 33.9 Å². The summed E-state index contributed by atoms with van der Waals surface area (Å²) in [6.45, 7) is 1.94. The number of nitrogens with zero attached hydrogens (tertiary/aromatic N) is 1. The first-order valence-electron chi connectivity index (χ1n) is 6.56. The molecule has 1 aromatic heterocycles. The first kappa shape index (κ1) is 16.1. The van der Waals surface area contributed by atoms with E-state index in [9.17, 15) is 9.18 Å². The number of amides is 1. The highest BCUT2D eigenvalue weighted by Crippen LogP contribution is 2.32. The minimum absolute atomic E-state index is 0.100. The summed E-state index contributed by atoms with van der Waals surface area (Å²) < 4.78 is 15.1. The third-order valence-corrected chi connectivity index (χ3v) is 4.80. The average molecular weight is 443 g/mol. The Hall–Kier alpha value is -1.78. The SMILES string of the molecule is Cc1cc(I)ccc1Nc1ccc2sc(F)nc2c1C(=O)NO. The lowest BCUT2D eigenvalue weighted by atomic mass is 10.1. The van der Waals surface area contributed by atoms with Gasteiger partial charge in [-0.1, -0.05) is 11.3 Å². The molecule has 0 fully saturated rings. The van der Waals surface area contributed by atoms with E-state index >= 15 is 0 Å². The zero-order chi connectivity index (χ0) is 16.6. The van der Waals surface area contributed by atoms with Gasteiger partial charge in [0, 0.05) is 9.26 Å². The molecule has 0 unspecified atom stereocenters. The monoisotopic (exact) mass is 443 g/mol. The number of nitrogens with one attached hydrogen (secondary N) is 2. The minimum Gasteiger partial charge on any atom is -0.355 e. The largest absolute Gasteiger partial charge is 0.355 e. The van der Waals surface area contributed by atoms with E-state index in [-0.39, 0.29) is 11.1 Å². The molecule has 3 rings (SSSR count). The quantitative estimate of drug-likeness (QED) is 0.322. The molecule has 0 spiro atoms. The maximum Gasteiger partial charge on any atom is 0.279 e. The van der Waals surface area contributed by atoms with E-state index in [2.05, 4.69) is 32.9 Å². The van der Waals surface area contributed by atoms with Gasteiger partial charge in [0.15, 0.2) is 0 Å². The molecule has 2 aromatic carbocycles. The number of anilines is 2. The van der Waals surface area contributed by atoms with E-state index in [1.807, 2.05) is 25.1 Å². The summed E-state index contributed by atoms with van der Waals surface area (Å²) in [6, 6.07) is 9.18. The Bertz CT molecular complexity index is 913. The highest BCUT2D eigenvalue weighted by Gasteiger charge is 2.19. The minimum atomic E-state index is -0.744. The molecule has 1 heterocycles. The molecule has 0 radical (unpaired) electrons. The number of halogens is 2. The zero-order valence-corrected chi connectivity index (χ0v) is 14.8. The summed E-state index contributed by atoms with van der Waals surface area (Å²) in [7, 11) is 0. The van der Waals surface area contributed by atoms with Crippen LogP contribution in [-0.2, 0) is 0 Å². The summed E-state index contributed by atoms with van der Waals surface area (Å²) in [5.41, 5.74) is 4.16. The summed E-state index contributed by atoms with van der Waals surface area (Å²) in [4.78, 5) is 15.8. The van der Waals surface area contributed by atoms with Crippen LogP contribution in [0.15, 0.2) is 30.3 Å². The van der Waals surface area contributed by atoms with Crippen molar-refractivity contribution < 1.29 is 14.4 Å². The number of aryl methyl sites for hydroxylation is 1. The molecule has 5 nitrogen and oxygen atoms in total. The molecule has 0 aliphatic rings. The Labute approximate surface area is 148 Å². The topological polar surface area (TPSA) is 74.2 Å². The van der Waals surface area contributed by atoms with Crippen molar-refractivity contribution in [1.29, 1.82) is 0 Å². The fraction of sp³-hybridized carbons (Fsp3) is 0.0667. The van der Waals surface area contributed by atoms with Gasteiger partial charge in [0.2, 0.25) is 0 Å². The maximum absolute atomic E-state index is 13.4. The standard InChI is InChI=1S/C15H11FIN3O2S/c1-7-6-8(17)2-3-9(7)18-10-4-5-11-13(19-15(16)23-11)12(10)14(21)20-22/h2-6,18,22H,1H3,(H,20,21). The highest BCUT2D eigenvalue weighted by molar-refractivity contribution is 14.1. The Morgan fingerprint density at radius 3 is 2.74 bits per heavy atom. The summed E-state index contributed by atoms with van der Waals surface area (Å²) >= 11 is 3.06. The second-order valence-corrected chi connectivity index (χ2v) is 7.05. The van der Waals surface area contributed by atoms with Crippen LogP contribution in [-0.4, -0.2) is 16.1 Å². The molecule has 23 heavy (non-hydrogen) atoms. The van der Waals surface area contributed by atoms with Crippen LogP contribution in [0.25, 0.3) is 10.2 Å². The van der Waals surface area contributed by atoms with Gasteiger partial charge < -0.3 is 5.32 Å². The molecular formula is C15H11FIN3O2S. The van der Waals surface area contributed by atoms with E-state index in [0.29, 0.717) is 10.4 Å². The van der Waals surface area contributed by atoms with Gasteiger partial charge in [-0.15, -0.1) is 0 Å². The van der Waals surface area contributed by atoms with Crippen molar-refractivity contribution in [3.63, 3.8) is 0 Å². The van der Waals surface area contributed by atoms with Crippen molar-refractivity contribution >= 4 is 61.4 Å². The lowest BCUT2D eigenvalue weighted by Crippen LogP contribution is -2.20. The second kappa shape index (κ2) is 6.38. The number of carbonyl (C=O) groups excluding carboxylic acids is 1. The second-order valence-electron chi connectivity index (χ2n) is 4.83. The lowest BCUT2D eigenvalue weighted by Gasteiger charge is -2.13. The van der Waals surface area contributed by atoms with Crippen molar-refractivity contribution in [3.05, 3.63) is 50.3 Å². The van der Waals surface area contributed by atoms with Crippen LogP contribution < -0.4 is 10.8 Å². The van der Waals surface area contributed by atoms with E-state index in [1.165, 1.54) is 0 Å². The van der Waals surface area contributed by atoms with Gasteiger partial charge in [0.1, 0.15) is 0 Å². The molecule has 1 amide bonds. The molecule has 118 valence electrons. The van der Waals surface area contributed by atoms with Crippen LogP contribution in [0.4, 0.5) is 15.8 Å². The van der Waals surface area contributed by atoms with Crippen molar-refractivity contribution in [3.8, 4) is 0 Å². The van der Waals surface area contributed by atoms with Crippen LogP contribution in [0.3, 0.4) is 0 Å². The third-order valence-electron chi connectivity index (χ3n) is 3.32. The first-order chi connectivity index (χ1) is 11.0. The number of carbonyl (C=O) groups is 1. The van der Waals surface area contributed by atoms with Crippen LogP contribution in [0.2, 0.25) is 0 Å². The number of hydrogen-bond acceptors (Lipinski definition) is 5. The number of hydroxylamine groups is 1. The third kappa shape index (κ3) is 3.14. The number of thiazole rings is 1. The van der Waals surface area contributed by atoms with Gasteiger partial charge in [-0.3, -0.25) is 10.0 Å². The predicted octanol–water partition coefficient (Wildman–Crippen LogP) is 4.21. The zero-order valence-electron chi connectivity index (χ0n) is 11.9. The maximum atomic E-state index is 13.4. The number of hydrogen-bond donors (Lipinski definition) is 3. The molecule has 8 heteroatoms. The fourth-order valence-electron chi connectivity index (χ4n) is 2.27. The van der Waals surface area contributed by atoms with E-state index < -0.39 is 11.2 Å². The highest BCUT2D eigenvalue weighted by atomic mass is 127. The van der Waals surface area contributed by atoms with Crippen molar-refractivity contribution in [1.82, 2.24) is 10.5 Å². The summed E-state index contributed by atoms with van der Waals surface area (Å²) in [5.74, 6) is -0.744. The fourth-order valence-corrected chi connectivity index (χ4v) is 3.61. The Kier molecular flexibility index (Phi) is 4.46. The Morgan fingerprint density at radius 1 is 1.30 bits per heavy atom. The van der Waals surface area contributed by atoms with Gasteiger partial charge in [-0.05, 0) is 65.4 Å². The molecule has 0 bridgehead atoms. The van der Waals surface area contributed by atoms with Crippen molar-refractivity contribution in [2.45, 2.75) is 6.92 Å². The van der Waals surface area contributed by atoms with E-state index in [0.717, 1.165) is 26.2 Å². The predicted molar refractivity (Wildman–Crippen MR) is 96.0 cm³/mol. The summed E-state index contributed by atoms with van der Waals surface area (Å²) in [6.07, 6.45) is 0. The average Bonchev–Trinajstić information content (AvgIpc) is 2.89. The first-order valence-corrected chi connectivity index (χ1v) is 8.46. The van der Waals surface area contributed by atoms with Crippen LogP contribution in [0.5, 0.6) is 0 Å². The Morgan fingerprint density at radius 2 is 2.04 bits per heavy atom. The van der Waals surface area contributed by atoms with Crippen LogP contribution in [0, 0.1) is 15.8 Å². The van der Waals surface area contributed by atoms with E-state index in [1.54, 1.807) is 17.6 Å². The van der Waals surface area contributed by atoms with Gasteiger partial charge >= 0.3 is 0 Å². The number of benzene rings is 2. The molecule has 3 N–H and O–H groups in total. The molecule has 0 saturated carbocycles. The Balaban J connectivity index is 2.14. The lowest BCUT2D eigenvalue weighted by molar-refractivity contribution is 0.0709. The normalized spacial score (nSPS) is 10.8. The van der Waals surface area contributed by atoms with Gasteiger partial charge in [-0.2, -0.15) is 4.39 Å². The van der Waals surface area contributed by atoms with Crippen molar-refractivity contribution in [2.75, 3.05) is 5.32 Å². The molecule has 0 atom stereocenters. The van der Waals surface area contributed by atoms with Crippen LogP contribution in [0.1, 0.15) is 15.9 Å². The summed E-state index contributed by atoms with van der Waals surface area (Å²) in [5, 5.41) is 11.5. The van der Waals surface area contributed by atoms with Gasteiger partial charge in [0.25, 0.3) is 11.2 Å². The number of fused-ring (bicyclic) bond motifs is 1.